The van der Waals surface area contributed by atoms with Crippen LogP contribution in [0.5, 0.6) is 5.75 Å². The van der Waals surface area contributed by atoms with Gasteiger partial charge in [0.25, 0.3) is 11.8 Å². The maximum Gasteiger partial charge on any atom is 0.337 e. The van der Waals surface area contributed by atoms with Crippen LogP contribution in [0.3, 0.4) is 0 Å². The summed E-state index contributed by atoms with van der Waals surface area (Å²) >= 11 is 12.3. The largest absolute Gasteiger partial charge is 0.495 e. The number of imide groups is 1. The molecule has 1 heterocycles. The van der Waals surface area contributed by atoms with E-state index in [1.54, 1.807) is 19.1 Å². The van der Waals surface area contributed by atoms with Crippen molar-refractivity contribution in [2.75, 3.05) is 24.4 Å². The van der Waals surface area contributed by atoms with Crippen molar-refractivity contribution < 1.29 is 23.9 Å². The Morgan fingerprint density at radius 3 is 2.28 bits per heavy atom. The Labute approximate surface area is 176 Å². The van der Waals surface area contributed by atoms with Crippen molar-refractivity contribution in [3.8, 4) is 5.75 Å². The average Bonchev–Trinajstić information content (AvgIpc) is 2.93. The van der Waals surface area contributed by atoms with Gasteiger partial charge in [0.15, 0.2) is 0 Å². The molecule has 0 bridgehead atoms. The molecule has 0 aromatic heterocycles. The van der Waals surface area contributed by atoms with E-state index in [0.29, 0.717) is 16.5 Å². The highest BCUT2D eigenvalue weighted by Gasteiger charge is 2.39. The van der Waals surface area contributed by atoms with Crippen molar-refractivity contribution in [1.82, 2.24) is 0 Å². The quantitative estimate of drug-likeness (QED) is 0.567. The number of esters is 1. The summed E-state index contributed by atoms with van der Waals surface area (Å²) in [5.41, 5.74) is 1.65. The zero-order valence-electron chi connectivity index (χ0n) is 15.7. The molecule has 150 valence electrons. The van der Waals surface area contributed by atoms with Crippen LogP contribution in [0.4, 0.5) is 11.4 Å². The molecule has 2 aromatic rings. The van der Waals surface area contributed by atoms with Gasteiger partial charge in [-0.3, -0.25) is 9.59 Å². The van der Waals surface area contributed by atoms with E-state index >= 15 is 0 Å². The zero-order valence-corrected chi connectivity index (χ0v) is 17.2. The molecule has 0 radical (unpaired) electrons. The number of hydrogen-bond donors (Lipinski definition) is 1. The molecule has 0 saturated heterocycles. The van der Waals surface area contributed by atoms with Crippen LogP contribution in [0, 0.1) is 6.92 Å². The number of anilines is 2. The molecule has 0 aliphatic carbocycles. The number of amides is 2. The molecule has 2 amide bonds. The van der Waals surface area contributed by atoms with Gasteiger partial charge in [0.05, 0.1) is 31.2 Å². The number of nitrogens with zero attached hydrogens (tertiary/aromatic N) is 1. The summed E-state index contributed by atoms with van der Waals surface area (Å²) in [4.78, 5) is 38.0. The summed E-state index contributed by atoms with van der Waals surface area (Å²) in [5, 5.41) is 3.11. The van der Waals surface area contributed by atoms with Crippen LogP contribution < -0.4 is 15.0 Å². The Hall–Kier alpha value is -3.03. The Bertz CT molecular complexity index is 1050. The SMILES string of the molecule is COC(=O)c1ccc(N2C(=O)C(Cl)=C(Nc3cc(C)c(Cl)cc3OC)C2=O)cc1. The molecule has 2 aromatic carbocycles. The van der Waals surface area contributed by atoms with E-state index in [1.807, 2.05) is 0 Å². The lowest BCUT2D eigenvalue weighted by Gasteiger charge is -2.16. The maximum absolute atomic E-state index is 12.9. The first-order chi connectivity index (χ1) is 13.8. The van der Waals surface area contributed by atoms with Gasteiger partial charge >= 0.3 is 5.97 Å². The van der Waals surface area contributed by atoms with Crippen LogP contribution >= 0.6 is 23.2 Å². The standard InChI is InChI=1S/C20H16Cl2N2O5/c1-10-8-14(15(28-2)9-13(10)21)23-17-16(22)18(25)24(19(17)26)12-6-4-11(5-7-12)20(27)29-3/h4-9,23H,1-3H3. The van der Waals surface area contributed by atoms with Crippen LogP contribution in [0.1, 0.15) is 15.9 Å². The molecular formula is C20H16Cl2N2O5. The van der Waals surface area contributed by atoms with Crippen molar-refractivity contribution in [2.45, 2.75) is 6.92 Å². The minimum Gasteiger partial charge on any atom is -0.495 e. The molecule has 0 saturated carbocycles. The van der Waals surface area contributed by atoms with Gasteiger partial charge in [-0.25, -0.2) is 9.69 Å². The van der Waals surface area contributed by atoms with Crippen LogP contribution in [-0.2, 0) is 14.3 Å². The smallest absolute Gasteiger partial charge is 0.337 e. The summed E-state index contributed by atoms with van der Waals surface area (Å²) in [5.74, 6) is -1.46. The zero-order chi connectivity index (χ0) is 21.3. The Morgan fingerprint density at radius 1 is 1.03 bits per heavy atom. The van der Waals surface area contributed by atoms with E-state index in [4.69, 9.17) is 27.9 Å². The minimum absolute atomic E-state index is 0.0891. The molecule has 0 atom stereocenters. The lowest BCUT2D eigenvalue weighted by molar-refractivity contribution is -0.120. The van der Waals surface area contributed by atoms with Crippen LogP contribution in [0.15, 0.2) is 47.1 Å². The fourth-order valence-corrected chi connectivity index (χ4v) is 3.14. The van der Waals surface area contributed by atoms with Gasteiger partial charge in [-0.15, -0.1) is 0 Å². The number of hydrogen-bond acceptors (Lipinski definition) is 6. The number of ether oxygens (including phenoxy) is 2. The van der Waals surface area contributed by atoms with E-state index < -0.39 is 17.8 Å². The molecule has 0 unspecified atom stereocenters. The third kappa shape index (κ3) is 3.79. The van der Waals surface area contributed by atoms with Gasteiger partial charge in [-0.05, 0) is 42.8 Å². The van der Waals surface area contributed by atoms with Crippen molar-refractivity contribution in [3.05, 3.63) is 63.3 Å². The third-order valence-corrected chi connectivity index (χ3v) is 5.07. The van der Waals surface area contributed by atoms with Crippen molar-refractivity contribution in [1.29, 1.82) is 0 Å². The average molecular weight is 435 g/mol. The summed E-state index contributed by atoms with van der Waals surface area (Å²) in [6, 6.07) is 9.10. The first-order valence-corrected chi connectivity index (χ1v) is 9.12. The van der Waals surface area contributed by atoms with E-state index in [-0.39, 0.29) is 22.0 Å². The second kappa shape index (κ2) is 8.14. The minimum atomic E-state index is -0.686. The molecular weight excluding hydrogens is 419 g/mol. The predicted octanol–water partition coefficient (Wildman–Crippen LogP) is 3.88. The number of aryl methyl sites for hydroxylation is 1. The molecule has 3 rings (SSSR count). The normalized spacial score (nSPS) is 13.8. The van der Waals surface area contributed by atoms with Gasteiger partial charge < -0.3 is 14.8 Å². The number of methoxy groups -OCH3 is 2. The summed E-state index contributed by atoms with van der Waals surface area (Å²) < 4.78 is 9.92. The topological polar surface area (TPSA) is 84.9 Å². The van der Waals surface area contributed by atoms with E-state index in [1.165, 1.54) is 38.5 Å². The number of carbonyl (C=O) groups is 3. The van der Waals surface area contributed by atoms with E-state index in [9.17, 15) is 14.4 Å². The molecule has 7 nitrogen and oxygen atoms in total. The van der Waals surface area contributed by atoms with Crippen molar-refractivity contribution >= 4 is 52.4 Å². The van der Waals surface area contributed by atoms with Crippen LogP contribution in [0.25, 0.3) is 0 Å². The van der Waals surface area contributed by atoms with Gasteiger partial charge in [-0.2, -0.15) is 0 Å². The molecule has 29 heavy (non-hydrogen) atoms. The number of carbonyl (C=O) groups excluding carboxylic acids is 3. The molecule has 1 aliphatic heterocycles. The number of nitrogens with one attached hydrogen (secondary N) is 1. The monoisotopic (exact) mass is 434 g/mol. The molecule has 0 fully saturated rings. The Kier molecular flexibility index (Phi) is 5.81. The second-order valence-electron chi connectivity index (χ2n) is 6.10. The van der Waals surface area contributed by atoms with Gasteiger partial charge in [0.2, 0.25) is 0 Å². The summed E-state index contributed by atoms with van der Waals surface area (Å²) in [6.45, 7) is 1.79. The summed E-state index contributed by atoms with van der Waals surface area (Å²) in [7, 11) is 2.72. The molecule has 1 N–H and O–H groups in total. The van der Waals surface area contributed by atoms with E-state index in [0.717, 1.165) is 10.5 Å². The van der Waals surface area contributed by atoms with Crippen molar-refractivity contribution in [3.63, 3.8) is 0 Å². The fourth-order valence-electron chi connectivity index (χ4n) is 2.77. The number of rotatable bonds is 5. The Morgan fingerprint density at radius 2 is 1.69 bits per heavy atom. The maximum atomic E-state index is 12.9. The summed E-state index contributed by atoms with van der Waals surface area (Å²) in [6.07, 6.45) is 0. The first kappa shape index (κ1) is 20.7. The van der Waals surface area contributed by atoms with Crippen molar-refractivity contribution in [2.24, 2.45) is 0 Å². The lowest BCUT2D eigenvalue weighted by atomic mass is 10.2. The van der Waals surface area contributed by atoms with Crippen LogP contribution in [-0.4, -0.2) is 32.0 Å². The van der Waals surface area contributed by atoms with E-state index in [2.05, 4.69) is 10.1 Å². The van der Waals surface area contributed by atoms with Gasteiger partial charge in [-0.1, -0.05) is 23.2 Å². The first-order valence-electron chi connectivity index (χ1n) is 8.36. The highest BCUT2D eigenvalue weighted by atomic mass is 35.5. The molecule has 1 aliphatic rings. The molecule has 0 spiro atoms. The number of benzene rings is 2. The Balaban J connectivity index is 1.92. The predicted molar refractivity (Wildman–Crippen MR) is 110 cm³/mol. The number of halogens is 2. The lowest BCUT2D eigenvalue weighted by Crippen LogP contribution is -2.32. The third-order valence-electron chi connectivity index (χ3n) is 4.31. The van der Waals surface area contributed by atoms with Gasteiger partial charge in [0.1, 0.15) is 16.5 Å². The fraction of sp³-hybridized carbons (Fsp3) is 0.150. The highest BCUT2D eigenvalue weighted by molar-refractivity contribution is 6.53. The second-order valence-corrected chi connectivity index (χ2v) is 6.88. The van der Waals surface area contributed by atoms with Gasteiger partial charge in [0, 0.05) is 11.1 Å². The highest BCUT2D eigenvalue weighted by Crippen LogP contribution is 2.35. The molecule has 9 heteroatoms. The van der Waals surface area contributed by atoms with Crippen LogP contribution in [0.2, 0.25) is 5.02 Å².